The normalized spacial score (nSPS) is 15.1. The summed E-state index contributed by atoms with van der Waals surface area (Å²) in [5.41, 5.74) is 5.43. The molecule has 0 bridgehead atoms. The largest absolute Gasteiger partial charge is 0.492 e. The van der Waals surface area contributed by atoms with Gasteiger partial charge in [0.15, 0.2) is 0 Å². The molecule has 0 fully saturated rings. The Kier molecular flexibility index (Phi) is 15.9. The number of pyridine rings is 1. The predicted octanol–water partition coefficient (Wildman–Crippen LogP) is 6.70. The topological polar surface area (TPSA) is 119 Å². The van der Waals surface area contributed by atoms with E-state index >= 15 is 0 Å². The lowest BCUT2D eigenvalue weighted by molar-refractivity contribution is -0.146. The fraction of sp³-hybridized carbons (Fsp3) is 0.529. The third-order valence-corrected chi connectivity index (χ3v) is 7.41. The minimum atomic E-state index is -1.60. The van der Waals surface area contributed by atoms with Crippen LogP contribution >= 0.6 is 34.8 Å². The van der Waals surface area contributed by atoms with Crippen molar-refractivity contribution < 1.29 is 28.6 Å². The number of nitrogens with one attached hydrogen (secondary N) is 2. The Morgan fingerprint density at radius 1 is 1.04 bits per heavy atom. The smallest absolute Gasteiger partial charge is 0.303 e. The first-order chi connectivity index (χ1) is 21.9. The molecule has 0 radical (unpaired) electrons. The molecule has 1 aromatic carbocycles. The number of hydrogen-bond donors (Lipinski definition) is 2. The van der Waals surface area contributed by atoms with Crippen LogP contribution in [0.25, 0.3) is 17.0 Å². The van der Waals surface area contributed by atoms with Crippen molar-refractivity contribution in [2.75, 3.05) is 19.8 Å². The van der Waals surface area contributed by atoms with Crippen LogP contribution in [-0.2, 0) is 28.6 Å². The van der Waals surface area contributed by atoms with Crippen LogP contribution in [0.2, 0.25) is 0 Å². The van der Waals surface area contributed by atoms with Gasteiger partial charge < -0.3 is 19.5 Å². The average Bonchev–Trinajstić information content (AvgIpc) is 2.99. The number of likely N-dealkylation sites (N-methyl/N-ethyl adjacent to an activating group) is 1. The fourth-order valence-electron chi connectivity index (χ4n) is 4.45. The lowest BCUT2D eigenvalue weighted by Gasteiger charge is -2.30. The molecule has 5 unspecified atom stereocenters. The quantitative estimate of drug-likeness (QED) is 0.0806. The first-order valence-corrected chi connectivity index (χ1v) is 16.7. The van der Waals surface area contributed by atoms with Crippen LogP contribution in [0.5, 0.6) is 0 Å². The van der Waals surface area contributed by atoms with Gasteiger partial charge in [0.2, 0.25) is 9.70 Å². The molecule has 0 aliphatic carbocycles. The Hall–Kier alpha value is -2.89. The fourth-order valence-corrected chi connectivity index (χ4v) is 4.62. The number of hydrazine groups is 1. The highest BCUT2D eigenvalue weighted by Crippen LogP contribution is 2.27. The van der Waals surface area contributed by atoms with Gasteiger partial charge in [-0.3, -0.25) is 19.4 Å². The Morgan fingerprint density at radius 2 is 1.70 bits per heavy atom. The molecular weight excluding hydrogens is 667 g/mol. The molecule has 47 heavy (non-hydrogen) atoms. The van der Waals surface area contributed by atoms with Crippen LogP contribution in [0.3, 0.4) is 0 Å². The molecule has 0 saturated carbocycles. The van der Waals surface area contributed by atoms with Crippen molar-refractivity contribution in [2.45, 2.75) is 83.5 Å². The summed E-state index contributed by atoms with van der Waals surface area (Å²) in [4.78, 5) is 42.4. The number of hydrogen-bond acceptors (Lipinski definition) is 8. The second-order valence-corrected chi connectivity index (χ2v) is 14.3. The van der Waals surface area contributed by atoms with Crippen molar-refractivity contribution in [2.24, 2.45) is 11.8 Å². The number of amides is 2. The first kappa shape index (κ1) is 40.3. The number of carbonyl (C=O) groups is 3. The molecule has 260 valence electrons. The third kappa shape index (κ3) is 13.6. The second kappa shape index (κ2) is 18.6. The summed E-state index contributed by atoms with van der Waals surface area (Å²) < 4.78 is 15.1. The van der Waals surface area contributed by atoms with Gasteiger partial charge in [-0.2, -0.15) is 0 Å². The van der Waals surface area contributed by atoms with E-state index in [-0.39, 0.29) is 42.0 Å². The highest BCUT2D eigenvalue weighted by Gasteiger charge is 2.29. The molecule has 0 spiro atoms. The van der Waals surface area contributed by atoms with Crippen LogP contribution in [0.15, 0.2) is 48.7 Å². The van der Waals surface area contributed by atoms with Crippen LogP contribution < -0.4 is 10.7 Å². The third-order valence-electron chi connectivity index (χ3n) is 7.08. The molecule has 0 aliphatic heterocycles. The number of carbonyl (C=O) groups excluding carboxylic acids is 3. The van der Waals surface area contributed by atoms with E-state index in [0.29, 0.717) is 18.8 Å². The van der Waals surface area contributed by atoms with E-state index in [1.165, 1.54) is 11.9 Å². The highest BCUT2D eigenvalue weighted by molar-refractivity contribution is 6.67. The van der Waals surface area contributed by atoms with Gasteiger partial charge in [0.05, 0.1) is 23.9 Å². The molecule has 1 aromatic heterocycles. The van der Waals surface area contributed by atoms with E-state index in [0.717, 1.165) is 16.5 Å². The van der Waals surface area contributed by atoms with Crippen molar-refractivity contribution >= 4 is 69.6 Å². The lowest BCUT2D eigenvalue weighted by atomic mass is 10.0. The number of ether oxygens (including phenoxy) is 3. The zero-order valence-electron chi connectivity index (χ0n) is 28.3. The molecule has 2 amide bonds. The van der Waals surface area contributed by atoms with Crippen molar-refractivity contribution in [3.05, 3.63) is 60.0 Å². The number of alkyl halides is 3. The molecule has 10 nitrogen and oxygen atoms in total. The lowest BCUT2D eigenvalue weighted by Crippen LogP contribution is -2.56. The number of rotatable bonds is 17. The predicted molar refractivity (Wildman–Crippen MR) is 188 cm³/mol. The Bertz CT molecular complexity index is 1410. The van der Waals surface area contributed by atoms with Crippen molar-refractivity contribution in [3.63, 3.8) is 0 Å². The summed E-state index contributed by atoms with van der Waals surface area (Å²) in [6.07, 6.45) is 2.77. The molecular formula is C34H47Cl3N4O6. The van der Waals surface area contributed by atoms with Gasteiger partial charge in [-0.15, -0.1) is 0 Å². The Morgan fingerprint density at radius 3 is 2.30 bits per heavy atom. The van der Waals surface area contributed by atoms with Crippen molar-refractivity contribution in [1.29, 1.82) is 0 Å². The molecule has 1 heterocycles. The van der Waals surface area contributed by atoms with Crippen LogP contribution in [-0.4, -0.2) is 69.5 Å². The molecule has 5 atom stereocenters. The summed E-state index contributed by atoms with van der Waals surface area (Å²) in [6.45, 7) is 18.3. The minimum absolute atomic E-state index is 0.0137. The number of benzene rings is 1. The molecule has 0 saturated heterocycles. The molecule has 2 aromatic rings. The Labute approximate surface area is 293 Å². The van der Waals surface area contributed by atoms with Gasteiger partial charge in [-0.25, -0.2) is 10.4 Å². The van der Waals surface area contributed by atoms with E-state index in [2.05, 4.69) is 22.3 Å². The SMILES string of the molecule is C=C(OCC(Cl)(Cl)Cl)C(C)NN(CC)C(=O)C(C)NC(=O)C(OCC(C)C=Cc1ccc2ccc(C(C)OC(C)=O)nc2c1)C(C)C. The zero-order chi connectivity index (χ0) is 35.5. The van der Waals surface area contributed by atoms with Crippen LogP contribution in [0.1, 0.15) is 72.8 Å². The van der Waals surface area contributed by atoms with Crippen molar-refractivity contribution in [3.8, 4) is 0 Å². The van der Waals surface area contributed by atoms with Crippen molar-refractivity contribution in [1.82, 2.24) is 20.7 Å². The van der Waals surface area contributed by atoms with Crippen LogP contribution in [0, 0.1) is 11.8 Å². The number of esters is 1. The van der Waals surface area contributed by atoms with E-state index in [1.54, 1.807) is 27.7 Å². The van der Waals surface area contributed by atoms with Gasteiger partial charge in [0, 0.05) is 18.9 Å². The van der Waals surface area contributed by atoms with E-state index < -0.39 is 28.1 Å². The summed E-state index contributed by atoms with van der Waals surface area (Å²) in [5.74, 6) is -0.951. The van der Waals surface area contributed by atoms with E-state index in [1.807, 2.05) is 63.3 Å². The minimum Gasteiger partial charge on any atom is -0.492 e. The maximum Gasteiger partial charge on any atom is 0.303 e. The molecule has 2 N–H and O–H groups in total. The highest BCUT2D eigenvalue weighted by atomic mass is 35.6. The maximum atomic E-state index is 13.2. The summed E-state index contributed by atoms with van der Waals surface area (Å²) >= 11 is 17.2. The van der Waals surface area contributed by atoms with Gasteiger partial charge in [-0.05, 0) is 57.2 Å². The Balaban J connectivity index is 1.97. The van der Waals surface area contributed by atoms with Gasteiger partial charge in [0.1, 0.15) is 30.6 Å². The summed E-state index contributed by atoms with van der Waals surface area (Å²) in [5, 5.41) is 5.14. The maximum absolute atomic E-state index is 13.2. The van der Waals surface area contributed by atoms with E-state index in [9.17, 15) is 14.4 Å². The van der Waals surface area contributed by atoms with Crippen LogP contribution in [0.4, 0.5) is 0 Å². The molecule has 2 rings (SSSR count). The number of nitrogens with zero attached hydrogens (tertiary/aromatic N) is 2. The zero-order valence-corrected chi connectivity index (χ0v) is 30.6. The second-order valence-electron chi connectivity index (χ2n) is 11.8. The first-order valence-electron chi connectivity index (χ1n) is 15.6. The number of halogens is 3. The molecule has 13 heteroatoms. The average molecular weight is 714 g/mol. The number of aromatic nitrogens is 1. The van der Waals surface area contributed by atoms with Gasteiger partial charge in [0.25, 0.3) is 5.91 Å². The monoisotopic (exact) mass is 712 g/mol. The van der Waals surface area contributed by atoms with Gasteiger partial charge >= 0.3 is 5.97 Å². The van der Waals surface area contributed by atoms with E-state index in [4.69, 9.17) is 49.0 Å². The molecule has 0 aliphatic rings. The standard InChI is InChI=1S/C34H47Cl3N4O6/c1-10-41(40-22(5)24(7)46-19-34(35,36)37)33(44)23(6)38-32(43)31(20(2)3)45-18-21(4)11-12-27-13-14-28-15-16-29(39-30(28)17-27)25(8)47-26(9)42/h11-17,20-23,25,31,40H,7,10,18-19H2,1-6,8-9H3,(H,38,43). The summed E-state index contributed by atoms with van der Waals surface area (Å²) in [6, 6.07) is 8.44. The summed E-state index contributed by atoms with van der Waals surface area (Å²) in [7, 11) is 0. The number of fused-ring (bicyclic) bond motifs is 1. The van der Waals surface area contributed by atoms with Gasteiger partial charge in [-0.1, -0.05) is 92.5 Å².